The molecule has 10 rings (SSSR count). The minimum absolute atomic E-state index is 0.132. The van der Waals surface area contributed by atoms with Crippen LogP contribution in [0.4, 0.5) is 0 Å². The molecule has 0 radical (unpaired) electrons. The van der Waals surface area contributed by atoms with E-state index in [-0.39, 0.29) is 24.7 Å². The lowest BCUT2D eigenvalue weighted by atomic mass is 9.33. The minimum atomic E-state index is -2.16. The van der Waals surface area contributed by atoms with Crippen molar-refractivity contribution in [2.75, 3.05) is 46.2 Å². The van der Waals surface area contributed by atoms with E-state index in [1.165, 1.54) is 6.92 Å². The Bertz CT molecular complexity index is 2810. The molecule has 9 fully saturated rings. The van der Waals surface area contributed by atoms with Crippen LogP contribution in [0.1, 0.15) is 107 Å². The van der Waals surface area contributed by atoms with Crippen LogP contribution in [0.5, 0.6) is 0 Å². The number of allylic oxidation sites excluding steroid dienone is 3. The van der Waals surface area contributed by atoms with Gasteiger partial charge < -0.3 is 149 Å². The average molecular weight is 1410 g/mol. The van der Waals surface area contributed by atoms with Crippen LogP contribution >= 0.6 is 0 Å². The standard InChI is InChI=1S/C66H106O32/c1-10-26(2)55(86)98-53-54(89-27(3)72)66(25-71)29(17-61(53,4)5)28-11-12-36-62(6)15-14-38(63(7,24-70)35(62)13-16-64(36,8)65(28,9)18-37(66)74)94-60-52(97-59-47(83)44(80)41(77)33(21-69)92-59)48(84)51(96-58-46(82)43(79)40(76)32(20-68)91-58)34(93-60)23-88-56-49(85)50(30(73)22-87-56)95-57-45(81)42(78)39(75)31(19-67)90-57/h10-11,29-54,56-60,67-71,73-85H,12-25H2,1-9H3/b26-10+/t29?,30-,31+,32+,33+,34+,35?,36+,37+,38-,39+,40+,41+,42-,43-,44-,45+,46+,47+,48-,49+,50-,51+,52+,53-,54-,56-,57-,58-,59-,60-,62-,63-,64+,65+,66-/m0/s1. The van der Waals surface area contributed by atoms with E-state index in [4.69, 9.17) is 56.8 Å². The molecule has 5 heterocycles. The number of esters is 2. The van der Waals surface area contributed by atoms with Crippen LogP contribution in [-0.4, -0.2) is 322 Å². The second-order valence-electron chi connectivity index (χ2n) is 30.7. The van der Waals surface area contributed by atoms with Gasteiger partial charge in [-0.25, -0.2) is 4.79 Å². The summed E-state index contributed by atoms with van der Waals surface area (Å²) in [5.74, 6) is -2.36. The first-order chi connectivity index (χ1) is 46.0. The fourth-order valence-corrected chi connectivity index (χ4v) is 18.9. The molecule has 562 valence electrons. The first kappa shape index (κ1) is 77.9. The highest BCUT2D eigenvalue weighted by Gasteiger charge is 2.74. The largest absolute Gasteiger partial charge is 0.458 e. The second kappa shape index (κ2) is 29.7. The fourth-order valence-electron chi connectivity index (χ4n) is 18.9. The summed E-state index contributed by atoms with van der Waals surface area (Å²) in [6, 6.07) is 0. The van der Waals surface area contributed by atoms with Crippen molar-refractivity contribution < 1.29 is 158 Å². The Labute approximate surface area is 567 Å². The summed E-state index contributed by atoms with van der Waals surface area (Å²) in [7, 11) is 0. The lowest BCUT2D eigenvalue weighted by Gasteiger charge is -2.72. The van der Waals surface area contributed by atoms with Crippen molar-refractivity contribution in [1.82, 2.24) is 0 Å². The van der Waals surface area contributed by atoms with Crippen molar-refractivity contribution in [1.29, 1.82) is 0 Å². The number of rotatable bonds is 19. The van der Waals surface area contributed by atoms with Gasteiger partial charge in [0.15, 0.2) is 31.5 Å². The zero-order chi connectivity index (χ0) is 72.0. The molecule has 10 aliphatic rings. The van der Waals surface area contributed by atoms with Gasteiger partial charge in [-0.1, -0.05) is 59.3 Å². The molecule has 32 nitrogen and oxygen atoms in total. The summed E-state index contributed by atoms with van der Waals surface area (Å²) in [5.41, 5.74) is -4.15. The summed E-state index contributed by atoms with van der Waals surface area (Å²) in [6.45, 7) is 11.6. The van der Waals surface area contributed by atoms with Gasteiger partial charge in [-0.3, -0.25) is 4.79 Å². The maximum absolute atomic E-state index is 13.5. The molecule has 32 heteroatoms. The summed E-state index contributed by atoms with van der Waals surface area (Å²) in [5, 5.41) is 201. The van der Waals surface area contributed by atoms with Crippen LogP contribution in [-0.2, 0) is 66.4 Å². The van der Waals surface area contributed by atoms with Gasteiger partial charge in [-0.2, -0.15) is 0 Å². The van der Waals surface area contributed by atoms with Crippen LogP contribution < -0.4 is 0 Å². The van der Waals surface area contributed by atoms with Crippen LogP contribution in [0.2, 0.25) is 0 Å². The molecule has 5 aliphatic heterocycles. The summed E-state index contributed by atoms with van der Waals surface area (Å²) in [6.07, 6.45) is -43.1. The van der Waals surface area contributed by atoms with Gasteiger partial charge in [0, 0.05) is 23.3 Å². The Hall–Kier alpha value is -2.70. The van der Waals surface area contributed by atoms with Gasteiger partial charge in [-0.15, -0.1) is 0 Å². The monoisotopic (exact) mass is 1410 g/mol. The molecule has 98 heavy (non-hydrogen) atoms. The maximum atomic E-state index is 13.5. The van der Waals surface area contributed by atoms with E-state index in [0.29, 0.717) is 37.7 Å². The molecule has 0 aromatic carbocycles. The molecular weight excluding hydrogens is 1300 g/mol. The number of aliphatic hydroxyl groups is 18. The molecule has 5 aliphatic carbocycles. The third-order valence-electron chi connectivity index (χ3n) is 24.9. The van der Waals surface area contributed by atoms with Crippen molar-refractivity contribution in [3.63, 3.8) is 0 Å². The van der Waals surface area contributed by atoms with E-state index in [0.717, 1.165) is 5.57 Å². The van der Waals surface area contributed by atoms with Gasteiger partial charge in [0.2, 0.25) is 0 Å². The Kier molecular flexibility index (Phi) is 23.6. The lowest BCUT2D eigenvalue weighted by molar-refractivity contribution is -0.400. The molecule has 4 saturated carbocycles. The highest BCUT2D eigenvalue weighted by atomic mass is 16.8. The zero-order valence-corrected chi connectivity index (χ0v) is 56.7. The first-order valence-corrected chi connectivity index (χ1v) is 34.1. The van der Waals surface area contributed by atoms with Crippen molar-refractivity contribution in [3.05, 3.63) is 23.3 Å². The number of hydrogen-bond acceptors (Lipinski definition) is 32. The van der Waals surface area contributed by atoms with E-state index < -0.39 is 268 Å². The van der Waals surface area contributed by atoms with E-state index in [2.05, 4.69) is 26.8 Å². The van der Waals surface area contributed by atoms with Crippen molar-refractivity contribution in [3.8, 4) is 0 Å². The third kappa shape index (κ3) is 13.2. The minimum Gasteiger partial charge on any atom is -0.458 e. The summed E-state index contributed by atoms with van der Waals surface area (Å²) >= 11 is 0. The number of carbonyl (C=O) groups is 2. The van der Waals surface area contributed by atoms with Crippen molar-refractivity contribution >= 4 is 11.9 Å². The van der Waals surface area contributed by atoms with Crippen LogP contribution in [0.15, 0.2) is 23.3 Å². The van der Waals surface area contributed by atoms with Crippen LogP contribution in [0.3, 0.4) is 0 Å². The molecule has 5 saturated heterocycles. The number of ether oxygens (including phenoxy) is 12. The van der Waals surface area contributed by atoms with E-state index >= 15 is 0 Å². The quantitative estimate of drug-likeness (QED) is 0.0249. The molecule has 0 aromatic heterocycles. The molecule has 0 aromatic rings. The topological polar surface area (TPSA) is 509 Å². The molecule has 0 spiro atoms. The highest BCUT2D eigenvalue weighted by Crippen LogP contribution is 2.76. The van der Waals surface area contributed by atoms with Gasteiger partial charge in [0.1, 0.15) is 128 Å². The maximum Gasteiger partial charge on any atom is 0.333 e. The van der Waals surface area contributed by atoms with Gasteiger partial charge in [0.25, 0.3) is 0 Å². The SMILES string of the molecule is C/C=C(\C)C(=O)O[C@H]1[C@H](OC(C)=O)[C@@]2(CO)C(CC1(C)C)C1=CC[C@@H]3[C@@]4(C)CC[C@H](O[C@@H]5O[C@H](CO[C@@H]6OC[C@H](O)[C@H](O[C@@H]7O[C@H](CO)[C@@H](O)[C@H](O)[C@H]7O)[C@H]6O)[C@@H](O[C@@H]6O[C@H](CO)[C@@H](O)[C@H](O)[C@H]6O)[C@H](O)[C@H]5O[C@@H]5O[C@H](CO)[C@@H](O)[C@H](O)[C@H]5O)[C@@](C)(CO)C4CC[C@@]3(C)[C@]1(C)C[C@H]2O. The van der Waals surface area contributed by atoms with Gasteiger partial charge >= 0.3 is 11.9 Å². The molecular formula is C66H106O32. The molecule has 0 bridgehead atoms. The summed E-state index contributed by atoms with van der Waals surface area (Å²) < 4.78 is 73.3. The lowest BCUT2D eigenvalue weighted by Crippen LogP contribution is -2.72. The number of hydrogen-bond donors (Lipinski definition) is 18. The summed E-state index contributed by atoms with van der Waals surface area (Å²) in [4.78, 5) is 26.7. The first-order valence-electron chi connectivity index (χ1n) is 34.1. The number of fused-ring (bicyclic) bond motifs is 7. The Balaban J connectivity index is 0.975. The van der Waals surface area contributed by atoms with Crippen LogP contribution in [0.25, 0.3) is 0 Å². The average Bonchev–Trinajstić information content (AvgIpc) is 0.668. The zero-order valence-electron chi connectivity index (χ0n) is 56.7. The molecule has 0 amide bonds. The highest BCUT2D eigenvalue weighted by molar-refractivity contribution is 5.87. The fraction of sp³-hybridized carbons (Fsp3) is 0.909. The van der Waals surface area contributed by atoms with Crippen LogP contribution in [0, 0.1) is 50.2 Å². The molecule has 18 N–H and O–H groups in total. The predicted octanol–water partition coefficient (Wildman–Crippen LogP) is -5.13. The van der Waals surface area contributed by atoms with Crippen molar-refractivity contribution in [2.45, 2.75) is 279 Å². The number of aliphatic hydroxyl groups excluding tert-OH is 18. The normalized spacial score (nSPS) is 51.9. The molecule has 36 atom stereocenters. The third-order valence-corrected chi connectivity index (χ3v) is 24.9. The van der Waals surface area contributed by atoms with Gasteiger partial charge in [-0.05, 0) is 92.8 Å². The van der Waals surface area contributed by atoms with E-state index in [1.807, 2.05) is 20.8 Å². The van der Waals surface area contributed by atoms with Crippen molar-refractivity contribution in [2.24, 2.45) is 50.2 Å². The Morgan fingerprint density at radius 3 is 1.59 bits per heavy atom. The van der Waals surface area contributed by atoms with E-state index in [9.17, 15) is 102 Å². The Morgan fingerprint density at radius 1 is 0.551 bits per heavy atom. The number of carbonyl (C=O) groups excluding carboxylic acids is 2. The predicted molar refractivity (Wildman–Crippen MR) is 328 cm³/mol. The Morgan fingerprint density at radius 2 is 1.08 bits per heavy atom. The molecule has 2 unspecified atom stereocenters. The second-order valence-corrected chi connectivity index (χ2v) is 30.7. The smallest absolute Gasteiger partial charge is 0.333 e. The van der Waals surface area contributed by atoms with Gasteiger partial charge in [0.05, 0.1) is 63.9 Å². The van der Waals surface area contributed by atoms with E-state index in [1.54, 1.807) is 19.9 Å².